The zero-order valence-electron chi connectivity index (χ0n) is 19.7. The third-order valence-electron chi connectivity index (χ3n) is 6.62. The molecular weight excluding hydrogens is 482 g/mol. The molecule has 37 heavy (non-hydrogen) atoms. The number of ether oxygens (including phenoxy) is 1. The van der Waals surface area contributed by atoms with Crippen LogP contribution in [0.15, 0.2) is 41.4 Å². The average Bonchev–Trinajstić information content (AvgIpc) is 3.25. The van der Waals surface area contributed by atoms with Crippen molar-refractivity contribution in [2.45, 2.75) is 31.6 Å². The Labute approximate surface area is 211 Å². The number of amides is 3. The molecular formula is C25H25N5O7. The zero-order valence-corrected chi connectivity index (χ0v) is 19.7. The SMILES string of the molecule is NC1=NCc2cc(NC(=O)C(O)C3OCCN(c4ccc5c(c4)N(CC(=O)O)C(=O)CC5)C3=O)ccc21. The number of carboxylic acid groups (broad SMARTS) is 1. The van der Waals surface area contributed by atoms with E-state index in [4.69, 9.17) is 10.5 Å². The lowest BCUT2D eigenvalue weighted by atomic mass is 9.99. The highest BCUT2D eigenvalue weighted by molar-refractivity contribution is 6.06. The normalized spacial score (nSPS) is 19.7. The predicted molar refractivity (Wildman–Crippen MR) is 132 cm³/mol. The number of hydrogen-bond donors (Lipinski definition) is 4. The maximum absolute atomic E-state index is 13.3. The van der Waals surface area contributed by atoms with Gasteiger partial charge in [-0.25, -0.2) is 0 Å². The minimum absolute atomic E-state index is 0.0606. The summed E-state index contributed by atoms with van der Waals surface area (Å²) in [7, 11) is 0. The molecule has 0 bridgehead atoms. The highest BCUT2D eigenvalue weighted by Crippen LogP contribution is 2.33. The van der Waals surface area contributed by atoms with Crippen molar-refractivity contribution in [2.75, 3.05) is 34.8 Å². The minimum atomic E-state index is -1.78. The molecule has 3 aliphatic rings. The number of nitrogens with one attached hydrogen (secondary N) is 1. The van der Waals surface area contributed by atoms with Gasteiger partial charge in [-0.15, -0.1) is 0 Å². The van der Waals surface area contributed by atoms with E-state index < -0.39 is 36.5 Å². The third-order valence-corrected chi connectivity index (χ3v) is 6.62. The molecule has 0 spiro atoms. The van der Waals surface area contributed by atoms with Crippen LogP contribution in [0.25, 0.3) is 0 Å². The van der Waals surface area contributed by atoms with E-state index in [2.05, 4.69) is 10.3 Å². The van der Waals surface area contributed by atoms with E-state index in [0.717, 1.165) is 16.7 Å². The first-order chi connectivity index (χ1) is 17.7. The number of hydrogen-bond acceptors (Lipinski definition) is 8. The van der Waals surface area contributed by atoms with E-state index in [1.807, 2.05) is 0 Å². The molecule has 1 fully saturated rings. The summed E-state index contributed by atoms with van der Waals surface area (Å²) in [6.45, 7) is 0.116. The topological polar surface area (TPSA) is 175 Å². The van der Waals surface area contributed by atoms with Crippen LogP contribution in [0.2, 0.25) is 0 Å². The van der Waals surface area contributed by atoms with E-state index in [9.17, 15) is 29.4 Å². The number of aliphatic carboxylic acids is 1. The van der Waals surface area contributed by atoms with Crippen molar-refractivity contribution in [1.82, 2.24) is 0 Å². The van der Waals surface area contributed by atoms with Crippen LogP contribution in [-0.4, -0.2) is 71.6 Å². The average molecular weight is 508 g/mol. The molecule has 0 radical (unpaired) electrons. The van der Waals surface area contributed by atoms with Gasteiger partial charge >= 0.3 is 5.97 Å². The second-order valence-corrected chi connectivity index (χ2v) is 8.98. The van der Waals surface area contributed by atoms with Crippen LogP contribution >= 0.6 is 0 Å². The molecule has 12 heteroatoms. The van der Waals surface area contributed by atoms with Crippen molar-refractivity contribution < 1.29 is 34.1 Å². The Hall–Kier alpha value is -4.29. The Balaban J connectivity index is 1.32. The zero-order chi connectivity index (χ0) is 26.3. The number of morpholine rings is 1. The lowest BCUT2D eigenvalue weighted by Gasteiger charge is -2.35. The molecule has 1 saturated heterocycles. The minimum Gasteiger partial charge on any atom is -0.480 e. The lowest BCUT2D eigenvalue weighted by Crippen LogP contribution is -2.55. The standard InChI is InChI=1S/C25H25N5O7/c26-23-17-5-3-15(9-14(17)11-27-23)28-24(35)21(34)22-25(36)29(7-8-37-22)16-4-1-13-2-6-19(31)30(12-20(32)33)18(13)10-16/h1,3-5,9-10,21-22,34H,2,6-8,11-12H2,(H2,26,27)(H,28,35)(H,32,33). The first kappa shape index (κ1) is 24.4. The fourth-order valence-corrected chi connectivity index (χ4v) is 4.75. The van der Waals surface area contributed by atoms with Gasteiger partial charge in [-0.1, -0.05) is 6.07 Å². The number of carbonyl (C=O) groups is 4. The van der Waals surface area contributed by atoms with Gasteiger partial charge in [0.25, 0.3) is 11.8 Å². The number of carbonyl (C=O) groups excluding carboxylic acids is 3. The molecule has 2 aromatic carbocycles. The summed E-state index contributed by atoms with van der Waals surface area (Å²) in [6, 6.07) is 10.1. The van der Waals surface area contributed by atoms with Gasteiger partial charge in [-0.3, -0.25) is 24.2 Å². The Kier molecular flexibility index (Phi) is 6.36. The van der Waals surface area contributed by atoms with Crippen LogP contribution in [0.3, 0.4) is 0 Å². The number of aliphatic hydroxyl groups is 1. The van der Waals surface area contributed by atoms with Crippen molar-refractivity contribution in [2.24, 2.45) is 10.7 Å². The van der Waals surface area contributed by atoms with Crippen LogP contribution in [0.1, 0.15) is 23.1 Å². The fourth-order valence-electron chi connectivity index (χ4n) is 4.75. The highest BCUT2D eigenvalue weighted by atomic mass is 16.5. The summed E-state index contributed by atoms with van der Waals surface area (Å²) in [4.78, 5) is 56.4. The molecule has 2 aromatic rings. The van der Waals surface area contributed by atoms with Crippen molar-refractivity contribution in [3.8, 4) is 0 Å². The van der Waals surface area contributed by atoms with Crippen LogP contribution in [0, 0.1) is 0 Å². The maximum Gasteiger partial charge on any atom is 0.323 e. The van der Waals surface area contributed by atoms with Gasteiger partial charge in [0.1, 0.15) is 12.4 Å². The second-order valence-electron chi connectivity index (χ2n) is 8.98. The van der Waals surface area contributed by atoms with Crippen LogP contribution in [0.4, 0.5) is 17.1 Å². The Bertz CT molecular complexity index is 1340. The second kappa shape index (κ2) is 9.64. The summed E-state index contributed by atoms with van der Waals surface area (Å²) < 4.78 is 5.47. The molecule has 192 valence electrons. The van der Waals surface area contributed by atoms with Gasteiger partial charge in [0.2, 0.25) is 5.91 Å². The van der Waals surface area contributed by atoms with Gasteiger partial charge in [0.15, 0.2) is 12.2 Å². The smallest absolute Gasteiger partial charge is 0.323 e. The fraction of sp³-hybridized carbons (Fsp3) is 0.320. The van der Waals surface area contributed by atoms with Gasteiger partial charge in [0, 0.05) is 35.6 Å². The molecule has 3 aliphatic heterocycles. The number of rotatable bonds is 6. The molecule has 2 unspecified atom stereocenters. The number of nitrogens with two attached hydrogens (primary N) is 1. The van der Waals surface area contributed by atoms with Crippen LogP contribution in [0.5, 0.6) is 0 Å². The van der Waals surface area contributed by atoms with E-state index in [0.29, 0.717) is 35.9 Å². The van der Waals surface area contributed by atoms with Gasteiger partial charge in [-0.2, -0.15) is 0 Å². The number of aliphatic hydroxyl groups excluding tert-OH is 1. The number of benzene rings is 2. The van der Waals surface area contributed by atoms with E-state index in [1.165, 1.54) is 9.80 Å². The number of aliphatic imine (C=N–C) groups is 1. The van der Waals surface area contributed by atoms with Gasteiger partial charge in [0.05, 0.1) is 13.2 Å². The first-order valence-electron chi connectivity index (χ1n) is 11.7. The Morgan fingerprint density at radius 2 is 1.97 bits per heavy atom. The Morgan fingerprint density at radius 3 is 2.76 bits per heavy atom. The number of nitrogens with zero attached hydrogens (tertiary/aromatic N) is 3. The number of fused-ring (bicyclic) bond motifs is 2. The predicted octanol–water partition coefficient (Wildman–Crippen LogP) is 0.000700. The first-order valence-corrected chi connectivity index (χ1v) is 11.7. The van der Waals surface area contributed by atoms with Crippen molar-refractivity contribution >= 4 is 46.6 Å². The van der Waals surface area contributed by atoms with Crippen molar-refractivity contribution in [1.29, 1.82) is 0 Å². The van der Waals surface area contributed by atoms with Gasteiger partial charge in [-0.05, 0) is 47.9 Å². The quantitative estimate of drug-likeness (QED) is 0.423. The molecule has 5 N–H and O–H groups in total. The van der Waals surface area contributed by atoms with E-state index >= 15 is 0 Å². The highest BCUT2D eigenvalue weighted by Gasteiger charge is 2.40. The molecule has 2 atom stereocenters. The summed E-state index contributed by atoms with van der Waals surface area (Å²) in [6.07, 6.45) is -2.57. The lowest BCUT2D eigenvalue weighted by molar-refractivity contribution is -0.150. The van der Waals surface area contributed by atoms with Crippen LogP contribution in [-0.2, 0) is 36.9 Å². The van der Waals surface area contributed by atoms with Crippen LogP contribution < -0.4 is 20.9 Å². The molecule has 0 aliphatic carbocycles. The summed E-state index contributed by atoms with van der Waals surface area (Å²) in [5, 5.41) is 22.5. The number of amidine groups is 1. The monoisotopic (exact) mass is 507 g/mol. The van der Waals surface area contributed by atoms with Crippen molar-refractivity contribution in [3.05, 3.63) is 53.1 Å². The summed E-state index contributed by atoms with van der Waals surface area (Å²) in [5.74, 6) is -2.48. The summed E-state index contributed by atoms with van der Waals surface area (Å²) >= 11 is 0. The largest absolute Gasteiger partial charge is 0.480 e. The summed E-state index contributed by atoms with van der Waals surface area (Å²) in [5.41, 5.74) is 9.48. The molecule has 0 saturated carbocycles. The third kappa shape index (κ3) is 4.63. The van der Waals surface area contributed by atoms with E-state index in [-0.39, 0.29) is 25.5 Å². The van der Waals surface area contributed by atoms with Crippen molar-refractivity contribution in [3.63, 3.8) is 0 Å². The van der Waals surface area contributed by atoms with Gasteiger partial charge < -0.3 is 35.8 Å². The molecule has 5 rings (SSSR count). The Morgan fingerprint density at radius 1 is 1.16 bits per heavy atom. The molecule has 12 nitrogen and oxygen atoms in total. The molecule has 3 heterocycles. The van der Waals surface area contributed by atoms with E-state index in [1.54, 1.807) is 36.4 Å². The maximum atomic E-state index is 13.3. The molecule has 3 amide bonds. The number of anilines is 3. The number of aryl methyl sites for hydroxylation is 1. The number of carboxylic acids is 1. The molecule has 0 aromatic heterocycles.